The highest BCUT2D eigenvalue weighted by atomic mass is 19.1. The molecule has 0 radical (unpaired) electrons. The van der Waals surface area contributed by atoms with Crippen LogP contribution in [0.2, 0.25) is 0 Å². The highest BCUT2D eigenvalue weighted by molar-refractivity contribution is 5.99. The Kier molecular flexibility index (Phi) is 7.37. The molecule has 9 nitrogen and oxygen atoms in total. The maximum atomic E-state index is 14.3. The standard InChI is InChI=1S/C33H31FN6O3/c1-19(40-32-28(31(35)36-18-37-32)29(38-40)22-15-23(34)17-24(41)16-22)30-27(25-11-4-5-12-26(25)33(42)43-30)21-10-6-8-20(14-21)9-7-13-39(2)3/h4-6,8,10-12,14-19,41H,7,9,13H2,1-3H3,(H2,35,36,37). The molecule has 1 unspecified atom stereocenters. The van der Waals surface area contributed by atoms with E-state index in [9.17, 15) is 14.3 Å². The number of phenolic OH excluding ortho intramolecular Hbond substituents is 1. The van der Waals surface area contributed by atoms with Crippen molar-refractivity contribution in [2.75, 3.05) is 26.4 Å². The number of benzene rings is 3. The first-order valence-corrected chi connectivity index (χ1v) is 14.0. The second-order valence-electron chi connectivity index (χ2n) is 10.9. The van der Waals surface area contributed by atoms with Crippen LogP contribution in [0.5, 0.6) is 5.75 Å². The van der Waals surface area contributed by atoms with Gasteiger partial charge in [-0.05, 0) is 69.7 Å². The minimum absolute atomic E-state index is 0.146. The van der Waals surface area contributed by atoms with Gasteiger partial charge in [0.2, 0.25) is 0 Å². The molecule has 0 saturated heterocycles. The normalized spacial score (nSPS) is 12.4. The van der Waals surface area contributed by atoms with Crippen LogP contribution in [0.3, 0.4) is 0 Å². The molecule has 3 aromatic heterocycles. The molecule has 0 aliphatic carbocycles. The van der Waals surface area contributed by atoms with Crippen molar-refractivity contribution in [2.24, 2.45) is 0 Å². The quantitative estimate of drug-likeness (QED) is 0.232. The van der Waals surface area contributed by atoms with Crippen LogP contribution in [-0.4, -0.2) is 50.4 Å². The summed E-state index contributed by atoms with van der Waals surface area (Å²) < 4.78 is 22.0. The first-order valence-electron chi connectivity index (χ1n) is 14.0. The Morgan fingerprint density at radius 1 is 1.02 bits per heavy atom. The molecular formula is C33H31FN6O3. The van der Waals surface area contributed by atoms with Gasteiger partial charge < -0.3 is 20.2 Å². The van der Waals surface area contributed by atoms with Gasteiger partial charge in [0, 0.05) is 22.6 Å². The van der Waals surface area contributed by atoms with Crippen molar-refractivity contribution in [3.05, 3.63) is 101 Å². The fourth-order valence-electron chi connectivity index (χ4n) is 5.58. The molecule has 218 valence electrons. The maximum absolute atomic E-state index is 14.3. The minimum atomic E-state index is -0.641. The SMILES string of the molecule is CC(c1oc(=O)c2ccccc2c1-c1cccc(CCCN(C)C)c1)n1nc(-c2cc(O)cc(F)c2)c2c(N)ncnc21. The minimum Gasteiger partial charge on any atom is -0.508 e. The lowest BCUT2D eigenvalue weighted by Crippen LogP contribution is -2.15. The van der Waals surface area contributed by atoms with Crippen LogP contribution < -0.4 is 11.4 Å². The molecule has 0 bridgehead atoms. The Balaban J connectivity index is 1.56. The van der Waals surface area contributed by atoms with Crippen LogP contribution in [-0.2, 0) is 6.42 Å². The lowest BCUT2D eigenvalue weighted by atomic mass is 9.94. The first-order chi connectivity index (χ1) is 20.7. The smallest absolute Gasteiger partial charge is 0.343 e. The van der Waals surface area contributed by atoms with E-state index in [0.717, 1.165) is 42.0 Å². The van der Waals surface area contributed by atoms with Gasteiger partial charge in [-0.3, -0.25) is 0 Å². The average Bonchev–Trinajstić information content (AvgIpc) is 3.37. The Hall–Kier alpha value is -5.09. The van der Waals surface area contributed by atoms with Crippen molar-refractivity contribution >= 4 is 27.6 Å². The predicted octanol–water partition coefficient (Wildman–Crippen LogP) is 5.80. The number of anilines is 1. The van der Waals surface area contributed by atoms with E-state index in [4.69, 9.17) is 15.2 Å². The van der Waals surface area contributed by atoms with Gasteiger partial charge in [-0.1, -0.05) is 42.5 Å². The summed E-state index contributed by atoms with van der Waals surface area (Å²) in [5, 5.41) is 16.5. The molecule has 3 heterocycles. The van der Waals surface area contributed by atoms with Crippen LogP contribution >= 0.6 is 0 Å². The molecule has 3 aromatic carbocycles. The van der Waals surface area contributed by atoms with E-state index in [1.165, 1.54) is 24.0 Å². The van der Waals surface area contributed by atoms with E-state index < -0.39 is 17.5 Å². The van der Waals surface area contributed by atoms with Crippen LogP contribution in [0.4, 0.5) is 10.2 Å². The van der Waals surface area contributed by atoms with Gasteiger partial charge in [-0.25, -0.2) is 23.8 Å². The molecule has 43 heavy (non-hydrogen) atoms. The summed E-state index contributed by atoms with van der Waals surface area (Å²) in [6.07, 6.45) is 3.22. The van der Waals surface area contributed by atoms with Crippen LogP contribution in [0.25, 0.3) is 44.2 Å². The topological polar surface area (TPSA) is 123 Å². The zero-order valence-corrected chi connectivity index (χ0v) is 24.1. The Morgan fingerprint density at radius 2 is 1.81 bits per heavy atom. The molecule has 0 aliphatic rings. The third-order valence-electron chi connectivity index (χ3n) is 7.57. The number of phenols is 1. The summed E-state index contributed by atoms with van der Waals surface area (Å²) in [7, 11) is 4.12. The summed E-state index contributed by atoms with van der Waals surface area (Å²) in [6, 6.07) is 18.7. The van der Waals surface area contributed by atoms with Gasteiger partial charge in [0.05, 0.1) is 10.8 Å². The molecular weight excluding hydrogens is 547 g/mol. The Bertz CT molecular complexity index is 2010. The highest BCUT2D eigenvalue weighted by Gasteiger charge is 2.27. The molecule has 0 amide bonds. The van der Waals surface area contributed by atoms with Crippen LogP contribution in [0.15, 0.2) is 82.3 Å². The lowest BCUT2D eigenvalue weighted by molar-refractivity contribution is 0.400. The second-order valence-corrected chi connectivity index (χ2v) is 10.9. The molecule has 0 spiro atoms. The number of aromatic hydroxyl groups is 1. The van der Waals surface area contributed by atoms with Crippen LogP contribution in [0, 0.1) is 5.82 Å². The van der Waals surface area contributed by atoms with Crippen molar-refractivity contribution in [3.63, 3.8) is 0 Å². The van der Waals surface area contributed by atoms with Crippen molar-refractivity contribution in [1.82, 2.24) is 24.6 Å². The van der Waals surface area contributed by atoms with Crippen molar-refractivity contribution in [2.45, 2.75) is 25.8 Å². The molecule has 6 rings (SSSR count). The summed E-state index contributed by atoms with van der Waals surface area (Å²) in [5.74, 6) is -0.346. The number of aromatic nitrogens is 4. The van der Waals surface area contributed by atoms with E-state index in [1.54, 1.807) is 10.7 Å². The number of nitrogen functional groups attached to an aromatic ring is 1. The number of hydrogen-bond acceptors (Lipinski definition) is 8. The third-order valence-corrected chi connectivity index (χ3v) is 7.57. The highest BCUT2D eigenvalue weighted by Crippen LogP contribution is 2.39. The molecule has 1 atom stereocenters. The third kappa shape index (κ3) is 5.32. The summed E-state index contributed by atoms with van der Waals surface area (Å²) in [6.45, 7) is 2.83. The van der Waals surface area contributed by atoms with Crippen molar-refractivity contribution < 1.29 is 13.9 Å². The number of nitrogens with two attached hydrogens (primary N) is 1. The largest absolute Gasteiger partial charge is 0.508 e. The maximum Gasteiger partial charge on any atom is 0.343 e. The predicted molar refractivity (Wildman–Crippen MR) is 165 cm³/mol. The Morgan fingerprint density at radius 3 is 2.58 bits per heavy atom. The van der Waals surface area contributed by atoms with E-state index in [2.05, 4.69) is 41.1 Å². The lowest BCUT2D eigenvalue weighted by Gasteiger charge is -2.18. The van der Waals surface area contributed by atoms with E-state index in [-0.39, 0.29) is 11.6 Å². The van der Waals surface area contributed by atoms with E-state index >= 15 is 0 Å². The van der Waals surface area contributed by atoms with Crippen molar-refractivity contribution in [1.29, 1.82) is 0 Å². The number of rotatable bonds is 8. The zero-order valence-electron chi connectivity index (χ0n) is 24.1. The van der Waals surface area contributed by atoms with Gasteiger partial charge in [-0.2, -0.15) is 5.10 Å². The number of hydrogen-bond donors (Lipinski definition) is 2. The average molecular weight is 579 g/mol. The molecule has 6 aromatic rings. The van der Waals surface area contributed by atoms with E-state index in [1.807, 2.05) is 37.3 Å². The van der Waals surface area contributed by atoms with Crippen molar-refractivity contribution in [3.8, 4) is 28.1 Å². The number of halogens is 1. The van der Waals surface area contributed by atoms with Gasteiger partial charge in [0.25, 0.3) is 0 Å². The second kappa shape index (κ2) is 11.3. The monoisotopic (exact) mass is 578 g/mol. The zero-order chi connectivity index (χ0) is 30.2. The van der Waals surface area contributed by atoms with Crippen LogP contribution in [0.1, 0.15) is 30.7 Å². The van der Waals surface area contributed by atoms with Gasteiger partial charge >= 0.3 is 5.63 Å². The number of nitrogens with zero attached hydrogens (tertiary/aromatic N) is 5. The van der Waals surface area contributed by atoms with Gasteiger partial charge in [0.1, 0.15) is 41.2 Å². The number of aryl methyl sites for hydroxylation is 1. The summed E-state index contributed by atoms with van der Waals surface area (Å²) >= 11 is 0. The molecule has 0 aliphatic heterocycles. The van der Waals surface area contributed by atoms with E-state index in [0.29, 0.717) is 33.4 Å². The molecule has 0 saturated carbocycles. The van der Waals surface area contributed by atoms with Gasteiger partial charge in [0.15, 0.2) is 5.65 Å². The molecule has 10 heteroatoms. The summed E-state index contributed by atoms with van der Waals surface area (Å²) in [4.78, 5) is 24.0. The first kappa shape index (κ1) is 28.0. The number of fused-ring (bicyclic) bond motifs is 2. The Labute approximate surface area is 247 Å². The molecule has 0 fully saturated rings. The summed E-state index contributed by atoms with van der Waals surface area (Å²) in [5.41, 5.74) is 9.64. The van der Waals surface area contributed by atoms with Gasteiger partial charge in [-0.15, -0.1) is 0 Å². The molecule has 3 N–H and O–H groups in total. The fourth-order valence-corrected chi connectivity index (χ4v) is 5.58. The fraction of sp³-hybridized carbons (Fsp3) is 0.212.